The maximum Gasteiger partial charge on any atom is 0.256 e. The third-order valence-electron chi connectivity index (χ3n) is 9.27. The van der Waals surface area contributed by atoms with E-state index in [9.17, 15) is 13.6 Å². The summed E-state index contributed by atoms with van der Waals surface area (Å²) >= 11 is 1.57. The lowest BCUT2D eigenvalue weighted by molar-refractivity contribution is 0.0778. The van der Waals surface area contributed by atoms with E-state index in [0.717, 1.165) is 74.5 Å². The zero-order valence-electron chi connectivity index (χ0n) is 29.0. The monoisotopic (exact) mass is 708 g/mol. The van der Waals surface area contributed by atoms with Crippen molar-refractivity contribution in [1.29, 1.82) is 0 Å². The number of thiophene rings is 1. The van der Waals surface area contributed by atoms with Gasteiger partial charge in [0.2, 0.25) is 11.8 Å². The fourth-order valence-corrected chi connectivity index (χ4v) is 8.07. The van der Waals surface area contributed by atoms with Crippen LogP contribution in [0.5, 0.6) is 5.75 Å². The molecule has 0 saturated heterocycles. The van der Waals surface area contributed by atoms with E-state index in [2.05, 4.69) is 33.5 Å². The second-order valence-electron chi connectivity index (χ2n) is 12.7. The van der Waals surface area contributed by atoms with E-state index in [4.69, 9.17) is 14.1 Å². The van der Waals surface area contributed by atoms with Gasteiger partial charge in [0.05, 0.1) is 40.9 Å². The van der Waals surface area contributed by atoms with Crippen LogP contribution >= 0.6 is 11.3 Å². The molecule has 2 aromatic carbocycles. The van der Waals surface area contributed by atoms with E-state index in [1.807, 2.05) is 24.1 Å². The van der Waals surface area contributed by atoms with Gasteiger partial charge in [0.25, 0.3) is 5.91 Å². The summed E-state index contributed by atoms with van der Waals surface area (Å²) in [6, 6.07) is 14.0. The van der Waals surface area contributed by atoms with E-state index < -0.39 is 0 Å². The number of nitrogens with one attached hydrogen (secondary N) is 1. The smallest absolute Gasteiger partial charge is 0.256 e. The Bertz CT molecular complexity index is 2230. The normalized spacial score (nSPS) is 13.3. The number of fused-ring (bicyclic) bond motifs is 3. The number of hydrogen-bond donors (Lipinski definition) is 1. The number of hydrogen-bond acceptors (Lipinski definition) is 9. The molecule has 1 aliphatic carbocycles. The highest BCUT2D eigenvalue weighted by Gasteiger charge is 2.36. The van der Waals surface area contributed by atoms with Crippen molar-refractivity contribution in [2.75, 3.05) is 26.0 Å². The number of aromatic nitrogens is 4. The van der Waals surface area contributed by atoms with Crippen LogP contribution in [0.15, 0.2) is 59.1 Å². The van der Waals surface area contributed by atoms with Crippen LogP contribution in [0, 0.1) is 18.6 Å². The molecule has 0 radical (unpaired) electrons. The summed E-state index contributed by atoms with van der Waals surface area (Å²) in [5.74, 6) is 1.36. The van der Waals surface area contributed by atoms with E-state index in [-0.39, 0.29) is 17.5 Å². The summed E-state index contributed by atoms with van der Waals surface area (Å²) in [4.78, 5) is 26.1. The molecular formula is C39H38F2N6O3S. The number of aryl methyl sites for hydroxylation is 5. The maximum absolute atomic E-state index is 13.8. The molecule has 8 rings (SSSR count). The number of methoxy groups -OCH3 is 1. The molecule has 4 aromatic heterocycles. The third kappa shape index (κ3) is 6.80. The van der Waals surface area contributed by atoms with Crippen LogP contribution < -0.4 is 10.1 Å². The molecule has 0 saturated carbocycles. The van der Waals surface area contributed by atoms with Gasteiger partial charge < -0.3 is 19.4 Å². The number of amides is 1. The molecular weight excluding hydrogens is 671 g/mol. The number of anilines is 1. The van der Waals surface area contributed by atoms with Gasteiger partial charge in [-0.15, -0.1) is 21.5 Å². The molecule has 262 valence electrons. The fourth-order valence-electron chi connectivity index (χ4n) is 6.86. The summed E-state index contributed by atoms with van der Waals surface area (Å²) in [5.41, 5.74) is 6.93. The molecule has 0 fully saturated rings. The summed E-state index contributed by atoms with van der Waals surface area (Å²) in [6.07, 6.45) is 7.02. The van der Waals surface area contributed by atoms with Gasteiger partial charge >= 0.3 is 0 Å². The maximum atomic E-state index is 13.8. The molecule has 5 heterocycles. The number of pyridine rings is 2. The Kier molecular flexibility index (Phi) is 9.77. The first kappa shape index (κ1) is 34.2. The minimum absolute atomic E-state index is 0.0404. The van der Waals surface area contributed by atoms with E-state index in [1.54, 1.807) is 42.7 Å². The predicted octanol–water partition coefficient (Wildman–Crippen LogP) is 8.37. The molecule has 9 nitrogen and oxygen atoms in total. The first-order valence-corrected chi connectivity index (χ1v) is 17.9. The quantitative estimate of drug-likeness (QED) is 0.160. The first-order valence-electron chi connectivity index (χ1n) is 17.1. The largest absolute Gasteiger partial charge is 0.494 e. The van der Waals surface area contributed by atoms with Crippen molar-refractivity contribution in [1.82, 2.24) is 25.1 Å². The minimum Gasteiger partial charge on any atom is -0.494 e. The molecule has 12 heteroatoms. The van der Waals surface area contributed by atoms with E-state index >= 15 is 0 Å². The zero-order chi connectivity index (χ0) is 35.6. The molecule has 2 aliphatic rings. The van der Waals surface area contributed by atoms with Gasteiger partial charge in [-0.25, -0.2) is 13.8 Å². The Balaban J connectivity index is 0.000000285. The molecule has 1 aliphatic heterocycles. The van der Waals surface area contributed by atoms with Crippen LogP contribution in [0.4, 0.5) is 14.6 Å². The average molecular weight is 709 g/mol. The lowest BCUT2D eigenvalue weighted by atomic mass is 9.94. The minimum atomic E-state index is -0.270. The average Bonchev–Trinajstić information content (AvgIpc) is 3.94. The van der Waals surface area contributed by atoms with Crippen LogP contribution in [-0.4, -0.2) is 51.7 Å². The Hall–Kier alpha value is -5.23. The first-order chi connectivity index (χ1) is 24.8. The summed E-state index contributed by atoms with van der Waals surface area (Å²) < 4.78 is 38.5. The van der Waals surface area contributed by atoms with Gasteiger partial charge in [-0.05, 0) is 97.0 Å². The van der Waals surface area contributed by atoms with Crippen molar-refractivity contribution in [3.8, 4) is 27.6 Å². The van der Waals surface area contributed by atoms with Gasteiger partial charge in [0.15, 0.2) is 11.6 Å². The number of rotatable bonds is 9. The lowest BCUT2D eigenvalue weighted by Crippen LogP contribution is -2.24. The SMILES string of the molecule is CCCN1Cc2nc(CCc3ccc(F)cc3)c(-c3nnc(C)o3)c(-c3cc4ccnc(NC)c4s3)c2C1=O.COc1cc2c(cc1F)CCC2. The second kappa shape index (κ2) is 14.6. The molecule has 0 unspecified atom stereocenters. The summed E-state index contributed by atoms with van der Waals surface area (Å²) in [5, 5.41) is 12.7. The van der Waals surface area contributed by atoms with Crippen molar-refractivity contribution >= 4 is 33.1 Å². The van der Waals surface area contributed by atoms with Crippen molar-refractivity contribution in [3.05, 3.63) is 106 Å². The van der Waals surface area contributed by atoms with Crippen LogP contribution in [0.25, 0.3) is 32.0 Å². The van der Waals surface area contributed by atoms with Crippen molar-refractivity contribution in [2.45, 2.75) is 58.9 Å². The molecule has 0 spiro atoms. The molecule has 51 heavy (non-hydrogen) atoms. The van der Waals surface area contributed by atoms with Gasteiger partial charge in [-0.2, -0.15) is 0 Å². The van der Waals surface area contributed by atoms with Crippen molar-refractivity contribution < 1.29 is 22.7 Å². The van der Waals surface area contributed by atoms with Crippen LogP contribution in [0.3, 0.4) is 0 Å². The third-order valence-corrected chi connectivity index (χ3v) is 10.4. The number of ether oxygens (including phenoxy) is 1. The molecule has 0 atom stereocenters. The van der Waals surface area contributed by atoms with Gasteiger partial charge in [0, 0.05) is 37.2 Å². The van der Waals surface area contributed by atoms with Gasteiger partial charge in [-0.1, -0.05) is 19.1 Å². The standard InChI is InChI=1S/C29H27FN6O2S.C10H11FO/c1-4-13-36-15-21-24(29(36)37)25(22-14-18-11-12-32-27(31-3)26(18)39-22)23(28-35-34-16(2)38-28)20(33-21)10-7-17-5-8-19(30)9-6-17;1-12-10-6-8-4-2-3-7(8)5-9(10)11/h5-6,8-9,11-12,14H,4,7,10,13,15H2,1-3H3,(H,31,32);5-6H,2-4H2,1H3. The predicted molar refractivity (Wildman–Crippen MR) is 194 cm³/mol. The molecule has 1 N–H and O–H groups in total. The van der Waals surface area contributed by atoms with E-state index in [1.165, 1.54) is 24.8 Å². The zero-order valence-corrected chi connectivity index (χ0v) is 29.8. The topological polar surface area (TPSA) is 106 Å². The van der Waals surface area contributed by atoms with Crippen LogP contribution in [0.2, 0.25) is 0 Å². The fraction of sp³-hybridized carbons (Fsp3) is 0.308. The van der Waals surface area contributed by atoms with Crippen molar-refractivity contribution in [2.24, 2.45) is 0 Å². The van der Waals surface area contributed by atoms with Crippen LogP contribution in [-0.2, 0) is 32.2 Å². The number of carbonyl (C=O) groups is 1. The highest BCUT2D eigenvalue weighted by atomic mass is 32.1. The highest BCUT2D eigenvalue weighted by Crippen LogP contribution is 2.46. The summed E-state index contributed by atoms with van der Waals surface area (Å²) in [6.45, 7) is 4.90. The Labute approximate surface area is 298 Å². The van der Waals surface area contributed by atoms with Crippen molar-refractivity contribution in [3.63, 3.8) is 0 Å². The number of halogens is 2. The summed E-state index contributed by atoms with van der Waals surface area (Å²) in [7, 11) is 3.34. The lowest BCUT2D eigenvalue weighted by Gasteiger charge is -2.15. The molecule has 0 bridgehead atoms. The Morgan fingerprint density at radius 1 is 1.00 bits per heavy atom. The van der Waals surface area contributed by atoms with Gasteiger partial charge in [-0.3, -0.25) is 9.78 Å². The Morgan fingerprint density at radius 3 is 2.49 bits per heavy atom. The number of carbonyl (C=O) groups excluding carboxylic acids is 1. The van der Waals surface area contributed by atoms with E-state index in [0.29, 0.717) is 54.6 Å². The number of nitrogens with zero attached hydrogens (tertiary/aromatic N) is 5. The Morgan fingerprint density at radius 2 is 1.78 bits per heavy atom. The second-order valence-corrected chi connectivity index (χ2v) is 13.7. The van der Waals surface area contributed by atoms with Crippen LogP contribution in [0.1, 0.15) is 64.1 Å². The molecule has 6 aromatic rings. The highest BCUT2D eigenvalue weighted by molar-refractivity contribution is 7.23. The number of benzene rings is 2. The van der Waals surface area contributed by atoms with Gasteiger partial charge in [0.1, 0.15) is 11.6 Å². The molecule has 1 amide bonds.